The third-order valence-electron chi connectivity index (χ3n) is 1.78. The monoisotopic (exact) mass is 174 g/mol. The van der Waals surface area contributed by atoms with E-state index in [9.17, 15) is 8.42 Å². The molecule has 1 aliphatic rings. The van der Waals surface area contributed by atoms with Crippen molar-refractivity contribution in [2.45, 2.75) is 18.9 Å². The van der Waals surface area contributed by atoms with Crippen LogP contribution in [0.4, 0.5) is 0 Å². The summed E-state index contributed by atoms with van der Waals surface area (Å²) in [6.45, 7) is 0.497. The molecule has 0 spiro atoms. The van der Waals surface area contributed by atoms with E-state index in [1.54, 1.807) is 0 Å². The minimum atomic E-state index is -3.15. The lowest BCUT2D eigenvalue weighted by molar-refractivity contribution is 0.442. The maximum absolute atomic E-state index is 11.0. The Morgan fingerprint density at radius 2 is 2.27 bits per heavy atom. The first kappa shape index (κ1) is 8.50. The van der Waals surface area contributed by atoms with Crippen LogP contribution in [0.15, 0.2) is 0 Å². The van der Waals surface area contributed by atoms with E-state index in [1.807, 2.05) is 6.07 Å². The van der Waals surface area contributed by atoms with Gasteiger partial charge < -0.3 is 0 Å². The van der Waals surface area contributed by atoms with E-state index in [-0.39, 0.29) is 0 Å². The van der Waals surface area contributed by atoms with E-state index in [0.29, 0.717) is 13.0 Å². The van der Waals surface area contributed by atoms with Crippen molar-refractivity contribution in [3.05, 3.63) is 0 Å². The lowest BCUT2D eigenvalue weighted by atomic mass is 10.2. The van der Waals surface area contributed by atoms with Crippen molar-refractivity contribution < 1.29 is 8.42 Å². The number of nitrogens with zero attached hydrogens (tertiary/aromatic N) is 2. The average Bonchev–Trinajstić information content (AvgIpc) is 2.31. The van der Waals surface area contributed by atoms with Crippen LogP contribution in [-0.2, 0) is 10.0 Å². The summed E-state index contributed by atoms with van der Waals surface area (Å²) in [7, 11) is -3.15. The Bertz CT molecular complexity index is 277. The van der Waals surface area contributed by atoms with Crippen LogP contribution in [0.5, 0.6) is 0 Å². The molecule has 1 fully saturated rings. The molecule has 0 aliphatic carbocycles. The Kier molecular flexibility index (Phi) is 2.16. The molecule has 1 heterocycles. The molecule has 1 aliphatic heterocycles. The molecule has 0 saturated carbocycles. The van der Waals surface area contributed by atoms with Crippen molar-refractivity contribution in [3.63, 3.8) is 0 Å². The first-order chi connectivity index (χ1) is 5.05. The van der Waals surface area contributed by atoms with E-state index >= 15 is 0 Å². The van der Waals surface area contributed by atoms with Gasteiger partial charge in [-0.3, -0.25) is 0 Å². The van der Waals surface area contributed by atoms with Crippen LogP contribution in [0.2, 0.25) is 0 Å². The molecule has 4 nitrogen and oxygen atoms in total. The Balaban J connectivity index is 2.83. The quantitative estimate of drug-likeness (QED) is 0.559. The average molecular weight is 174 g/mol. The molecular formula is C6H10N2O2S. The highest BCUT2D eigenvalue weighted by Crippen LogP contribution is 2.18. The minimum Gasteiger partial charge on any atom is -0.212 e. The van der Waals surface area contributed by atoms with Gasteiger partial charge in [0.05, 0.1) is 12.3 Å². The first-order valence-electron chi connectivity index (χ1n) is 3.42. The molecule has 0 N–H and O–H groups in total. The highest BCUT2D eigenvalue weighted by Gasteiger charge is 2.30. The Morgan fingerprint density at radius 1 is 1.64 bits per heavy atom. The smallest absolute Gasteiger partial charge is 0.212 e. The molecule has 1 rings (SSSR count). The minimum absolute atomic E-state index is 0.426. The number of rotatable bonds is 1. The van der Waals surface area contributed by atoms with Gasteiger partial charge in [-0.1, -0.05) is 0 Å². The van der Waals surface area contributed by atoms with Crippen molar-refractivity contribution in [2.24, 2.45) is 0 Å². The predicted octanol–water partition coefficient (Wildman–Crippen LogP) is -0.0660. The standard InChI is InChI=1S/C6H10N2O2S/c1-11(9,10)8-4-2-3-6(8)5-7/h6H,2-4H2,1H3. The fraction of sp³-hybridized carbons (Fsp3) is 0.833. The van der Waals surface area contributed by atoms with Crippen molar-refractivity contribution >= 4 is 10.0 Å². The van der Waals surface area contributed by atoms with Crippen molar-refractivity contribution in [3.8, 4) is 6.07 Å². The molecule has 0 aromatic rings. The molecule has 5 heteroatoms. The van der Waals surface area contributed by atoms with E-state index in [4.69, 9.17) is 5.26 Å². The molecule has 0 bridgehead atoms. The largest absolute Gasteiger partial charge is 0.212 e. The Morgan fingerprint density at radius 3 is 2.64 bits per heavy atom. The van der Waals surface area contributed by atoms with Crippen molar-refractivity contribution in [2.75, 3.05) is 12.8 Å². The molecule has 62 valence electrons. The maximum Gasteiger partial charge on any atom is 0.212 e. The van der Waals surface area contributed by atoms with Crippen LogP contribution in [0.25, 0.3) is 0 Å². The van der Waals surface area contributed by atoms with Crippen molar-refractivity contribution in [1.29, 1.82) is 5.26 Å². The number of hydrogen-bond donors (Lipinski definition) is 0. The zero-order chi connectivity index (χ0) is 8.48. The SMILES string of the molecule is CS(=O)(=O)N1CCCC1C#N. The van der Waals surface area contributed by atoms with Gasteiger partial charge >= 0.3 is 0 Å². The topological polar surface area (TPSA) is 61.2 Å². The van der Waals surface area contributed by atoms with E-state index in [2.05, 4.69) is 0 Å². The third-order valence-corrected chi connectivity index (χ3v) is 3.07. The van der Waals surface area contributed by atoms with Gasteiger partial charge in [-0.05, 0) is 12.8 Å². The van der Waals surface area contributed by atoms with Crippen LogP contribution in [0.1, 0.15) is 12.8 Å². The number of nitriles is 1. The summed E-state index contributed by atoms with van der Waals surface area (Å²) in [6, 6.07) is 1.54. The van der Waals surface area contributed by atoms with Crippen LogP contribution in [-0.4, -0.2) is 31.6 Å². The molecule has 0 aromatic carbocycles. The molecule has 1 unspecified atom stereocenters. The number of hydrogen-bond acceptors (Lipinski definition) is 3. The molecule has 1 saturated heterocycles. The van der Waals surface area contributed by atoms with E-state index in [0.717, 1.165) is 12.7 Å². The lowest BCUT2D eigenvalue weighted by Crippen LogP contribution is -2.33. The molecule has 0 aromatic heterocycles. The predicted molar refractivity (Wildman–Crippen MR) is 40.2 cm³/mol. The van der Waals surface area contributed by atoms with Gasteiger partial charge in [-0.2, -0.15) is 9.57 Å². The Labute approximate surface area is 66.5 Å². The normalized spacial score (nSPS) is 26.7. The van der Waals surface area contributed by atoms with E-state index < -0.39 is 16.1 Å². The molecule has 11 heavy (non-hydrogen) atoms. The third kappa shape index (κ3) is 1.70. The molecule has 0 radical (unpaired) electrons. The van der Waals surface area contributed by atoms with E-state index in [1.165, 1.54) is 4.31 Å². The van der Waals surface area contributed by atoms with Gasteiger partial charge in [0, 0.05) is 6.54 Å². The summed E-state index contributed by atoms with van der Waals surface area (Å²) in [5.41, 5.74) is 0. The van der Waals surface area contributed by atoms with Crippen LogP contribution >= 0.6 is 0 Å². The summed E-state index contributed by atoms with van der Waals surface area (Å²) in [5.74, 6) is 0. The highest BCUT2D eigenvalue weighted by atomic mass is 32.2. The second kappa shape index (κ2) is 2.80. The van der Waals surface area contributed by atoms with Gasteiger partial charge in [-0.25, -0.2) is 8.42 Å². The fourth-order valence-corrected chi connectivity index (χ4v) is 2.34. The highest BCUT2D eigenvalue weighted by molar-refractivity contribution is 7.88. The maximum atomic E-state index is 11.0. The zero-order valence-corrected chi connectivity index (χ0v) is 7.13. The summed E-state index contributed by atoms with van der Waals surface area (Å²) in [4.78, 5) is 0. The molecule has 1 atom stereocenters. The van der Waals surface area contributed by atoms with Crippen molar-refractivity contribution in [1.82, 2.24) is 4.31 Å². The van der Waals surface area contributed by atoms with Gasteiger partial charge in [0.2, 0.25) is 10.0 Å². The second-order valence-electron chi connectivity index (χ2n) is 2.66. The summed E-state index contributed by atoms with van der Waals surface area (Å²) < 4.78 is 23.2. The van der Waals surface area contributed by atoms with Gasteiger partial charge in [0.25, 0.3) is 0 Å². The summed E-state index contributed by atoms with van der Waals surface area (Å²) >= 11 is 0. The summed E-state index contributed by atoms with van der Waals surface area (Å²) in [6.07, 6.45) is 2.61. The van der Waals surface area contributed by atoms with Crippen LogP contribution in [0.3, 0.4) is 0 Å². The van der Waals surface area contributed by atoms with Crippen LogP contribution in [0, 0.1) is 11.3 Å². The second-order valence-corrected chi connectivity index (χ2v) is 4.60. The van der Waals surface area contributed by atoms with Crippen LogP contribution < -0.4 is 0 Å². The fourth-order valence-electron chi connectivity index (χ4n) is 1.27. The van der Waals surface area contributed by atoms with Gasteiger partial charge in [-0.15, -0.1) is 0 Å². The zero-order valence-electron chi connectivity index (χ0n) is 6.32. The van der Waals surface area contributed by atoms with Gasteiger partial charge in [0.1, 0.15) is 6.04 Å². The lowest BCUT2D eigenvalue weighted by Gasteiger charge is -2.15. The first-order valence-corrected chi connectivity index (χ1v) is 5.27. The number of sulfonamides is 1. The molecular weight excluding hydrogens is 164 g/mol. The van der Waals surface area contributed by atoms with Gasteiger partial charge in [0.15, 0.2) is 0 Å². The Hall–Kier alpha value is -0.600. The summed E-state index contributed by atoms with van der Waals surface area (Å²) in [5, 5.41) is 8.54. The molecule has 0 amide bonds.